The van der Waals surface area contributed by atoms with Crippen molar-refractivity contribution in [3.63, 3.8) is 0 Å². The molecule has 0 saturated carbocycles. The van der Waals surface area contributed by atoms with E-state index in [1.807, 2.05) is 51.1 Å². The molecule has 0 N–H and O–H groups in total. The van der Waals surface area contributed by atoms with Crippen LogP contribution in [0.15, 0.2) is 30.3 Å². The summed E-state index contributed by atoms with van der Waals surface area (Å²) in [5.41, 5.74) is 2.16. The summed E-state index contributed by atoms with van der Waals surface area (Å²) in [4.78, 5) is 39.8. The van der Waals surface area contributed by atoms with Crippen LogP contribution in [0.5, 0.6) is 6.01 Å². The molecule has 10 heteroatoms. The lowest BCUT2D eigenvalue weighted by Crippen LogP contribution is -2.49. The summed E-state index contributed by atoms with van der Waals surface area (Å²) in [6.45, 7) is 8.95. The quantitative estimate of drug-likeness (QED) is 0.654. The fourth-order valence-corrected chi connectivity index (χ4v) is 4.14. The summed E-state index contributed by atoms with van der Waals surface area (Å²) in [5, 5.41) is 0. The normalized spacial score (nSPS) is 15.9. The fraction of sp³-hybridized carbons (Fsp3) is 0.520. The van der Waals surface area contributed by atoms with Crippen molar-refractivity contribution >= 4 is 18.0 Å². The van der Waals surface area contributed by atoms with Crippen molar-refractivity contribution in [2.45, 2.75) is 45.9 Å². The van der Waals surface area contributed by atoms with Crippen LogP contribution < -0.4 is 9.64 Å². The Hall–Kier alpha value is -3.56. The SMILES string of the molecule is COc1nc2c(c(N3CCN(C(=O)OCc4ccccc4)CC3)n1)CCN(C(=O)OC(C)(C)C)C2. The monoisotopic (exact) mass is 483 g/mol. The average molecular weight is 484 g/mol. The number of piperazine rings is 1. The Morgan fingerprint density at radius 3 is 2.31 bits per heavy atom. The highest BCUT2D eigenvalue weighted by Crippen LogP contribution is 2.30. The van der Waals surface area contributed by atoms with Crippen LogP contribution in [0.2, 0.25) is 0 Å². The van der Waals surface area contributed by atoms with Crippen molar-refractivity contribution in [1.29, 1.82) is 0 Å². The van der Waals surface area contributed by atoms with Gasteiger partial charge in [0.15, 0.2) is 0 Å². The molecule has 0 radical (unpaired) electrons. The highest BCUT2D eigenvalue weighted by Gasteiger charge is 2.31. The molecule has 1 aromatic carbocycles. The van der Waals surface area contributed by atoms with Crippen molar-refractivity contribution in [2.75, 3.05) is 44.7 Å². The lowest BCUT2D eigenvalue weighted by molar-refractivity contribution is 0.0220. The molecule has 0 atom stereocenters. The lowest BCUT2D eigenvalue weighted by Gasteiger charge is -2.37. The van der Waals surface area contributed by atoms with E-state index in [4.69, 9.17) is 14.2 Å². The largest absolute Gasteiger partial charge is 0.467 e. The van der Waals surface area contributed by atoms with E-state index in [0.717, 1.165) is 22.6 Å². The number of aromatic nitrogens is 2. The molecular formula is C25H33N5O5. The van der Waals surface area contributed by atoms with Gasteiger partial charge in [0.05, 0.1) is 19.3 Å². The van der Waals surface area contributed by atoms with Crippen LogP contribution in [-0.2, 0) is 29.0 Å². The Balaban J connectivity index is 1.40. The number of fused-ring (bicyclic) bond motifs is 1. The maximum Gasteiger partial charge on any atom is 0.410 e. The molecule has 2 aliphatic rings. The Morgan fingerprint density at radius 1 is 0.943 bits per heavy atom. The number of benzene rings is 1. The average Bonchev–Trinajstić information content (AvgIpc) is 2.86. The van der Waals surface area contributed by atoms with Crippen molar-refractivity contribution in [2.24, 2.45) is 0 Å². The number of amides is 2. The van der Waals surface area contributed by atoms with Gasteiger partial charge in [0.2, 0.25) is 0 Å². The Kier molecular flexibility index (Phi) is 7.28. The zero-order valence-electron chi connectivity index (χ0n) is 20.8. The molecule has 0 spiro atoms. The maximum atomic E-state index is 12.6. The van der Waals surface area contributed by atoms with Gasteiger partial charge in [0.1, 0.15) is 18.0 Å². The second-order valence-electron chi connectivity index (χ2n) is 9.63. The maximum absolute atomic E-state index is 12.6. The fourth-order valence-electron chi connectivity index (χ4n) is 4.14. The highest BCUT2D eigenvalue weighted by molar-refractivity contribution is 5.69. The van der Waals surface area contributed by atoms with Crippen LogP contribution in [0.4, 0.5) is 15.4 Å². The molecule has 1 saturated heterocycles. The van der Waals surface area contributed by atoms with E-state index < -0.39 is 5.60 Å². The van der Waals surface area contributed by atoms with E-state index in [2.05, 4.69) is 14.9 Å². The number of carbonyl (C=O) groups is 2. The number of rotatable bonds is 4. The first-order valence-electron chi connectivity index (χ1n) is 11.9. The Morgan fingerprint density at radius 2 is 1.66 bits per heavy atom. The zero-order valence-corrected chi connectivity index (χ0v) is 20.8. The summed E-state index contributed by atoms with van der Waals surface area (Å²) in [5.74, 6) is 0.799. The third-order valence-electron chi connectivity index (χ3n) is 5.90. The van der Waals surface area contributed by atoms with Crippen LogP contribution in [0.25, 0.3) is 0 Å². The van der Waals surface area contributed by atoms with Gasteiger partial charge in [-0.2, -0.15) is 9.97 Å². The van der Waals surface area contributed by atoms with Gasteiger partial charge in [-0.25, -0.2) is 9.59 Å². The van der Waals surface area contributed by atoms with Crippen molar-refractivity contribution in [3.8, 4) is 6.01 Å². The van der Waals surface area contributed by atoms with Gasteiger partial charge >= 0.3 is 18.2 Å². The van der Waals surface area contributed by atoms with Gasteiger partial charge in [0, 0.05) is 38.3 Å². The smallest absolute Gasteiger partial charge is 0.410 e. The minimum atomic E-state index is -0.562. The number of hydrogen-bond acceptors (Lipinski definition) is 8. The molecule has 0 bridgehead atoms. The van der Waals surface area contributed by atoms with Crippen molar-refractivity contribution < 1.29 is 23.8 Å². The molecule has 1 fully saturated rings. The van der Waals surface area contributed by atoms with Gasteiger partial charge in [-0.3, -0.25) is 0 Å². The van der Waals surface area contributed by atoms with Gasteiger partial charge < -0.3 is 28.9 Å². The van der Waals surface area contributed by atoms with E-state index in [1.165, 1.54) is 7.11 Å². The standard InChI is InChI=1S/C25H33N5O5/c1-25(2,3)35-24(32)30-11-10-19-20(16-30)26-22(33-4)27-21(19)28-12-14-29(15-13-28)23(31)34-17-18-8-6-5-7-9-18/h5-9H,10-17H2,1-4H3. The van der Waals surface area contributed by atoms with Gasteiger partial charge in [-0.1, -0.05) is 30.3 Å². The van der Waals surface area contributed by atoms with Crippen molar-refractivity contribution in [3.05, 3.63) is 47.2 Å². The molecule has 0 unspecified atom stereocenters. The lowest BCUT2D eigenvalue weighted by atomic mass is 10.0. The van der Waals surface area contributed by atoms with E-state index in [9.17, 15) is 9.59 Å². The van der Waals surface area contributed by atoms with E-state index in [1.54, 1.807) is 9.80 Å². The topological polar surface area (TPSA) is 97.3 Å². The molecule has 35 heavy (non-hydrogen) atoms. The first-order chi connectivity index (χ1) is 16.7. The summed E-state index contributed by atoms with van der Waals surface area (Å²) in [7, 11) is 1.53. The van der Waals surface area contributed by atoms with Gasteiger partial charge in [-0.05, 0) is 32.8 Å². The molecule has 2 aromatic rings. The number of nitrogens with zero attached hydrogens (tertiary/aromatic N) is 5. The molecule has 0 aliphatic carbocycles. The number of hydrogen-bond donors (Lipinski definition) is 0. The van der Waals surface area contributed by atoms with Crippen molar-refractivity contribution in [1.82, 2.24) is 19.8 Å². The molecule has 2 amide bonds. The van der Waals surface area contributed by atoms with Gasteiger partial charge in [-0.15, -0.1) is 0 Å². The van der Waals surface area contributed by atoms with E-state index >= 15 is 0 Å². The predicted molar refractivity (Wildman–Crippen MR) is 129 cm³/mol. The van der Waals surface area contributed by atoms with Crippen LogP contribution in [0.3, 0.4) is 0 Å². The number of ether oxygens (including phenoxy) is 3. The molecule has 1 aromatic heterocycles. The first-order valence-corrected chi connectivity index (χ1v) is 11.9. The third kappa shape index (κ3) is 6.12. The Bertz CT molecular complexity index is 1050. The predicted octanol–water partition coefficient (Wildman–Crippen LogP) is 3.24. The second kappa shape index (κ2) is 10.4. The van der Waals surface area contributed by atoms with Crippen LogP contribution in [-0.4, -0.2) is 77.4 Å². The molecule has 3 heterocycles. The number of methoxy groups -OCH3 is 1. The van der Waals surface area contributed by atoms with Crippen LogP contribution >= 0.6 is 0 Å². The molecule has 188 valence electrons. The van der Waals surface area contributed by atoms with Crippen LogP contribution in [0.1, 0.15) is 37.6 Å². The number of anilines is 1. The summed E-state index contributed by atoms with van der Waals surface area (Å²) >= 11 is 0. The third-order valence-corrected chi connectivity index (χ3v) is 5.90. The minimum absolute atomic E-state index is 0.255. The highest BCUT2D eigenvalue weighted by atomic mass is 16.6. The zero-order chi connectivity index (χ0) is 25.0. The van der Waals surface area contributed by atoms with Gasteiger partial charge in [0.25, 0.3) is 0 Å². The van der Waals surface area contributed by atoms with E-state index in [0.29, 0.717) is 45.7 Å². The minimum Gasteiger partial charge on any atom is -0.467 e. The summed E-state index contributed by atoms with van der Waals surface area (Å²) in [6.07, 6.45) is -0.0542. The summed E-state index contributed by atoms with van der Waals surface area (Å²) in [6, 6.07) is 9.90. The molecule has 2 aliphatic heterocycles. The molecular weight excluding hydrogens is 450 g/mol. The van der Waals surface area contributed by atoms with Crippen LogP contribution in [0, 0.1) is 0 Å². The van der Waals surface area contributed by atoms with E-state index in [-0.39, 0.29) is 24.8 Å². The molecule has 10 nitrogen and oxygen atoms in total. The molecule has 4 rings (SSSR count). The summed E-state index contributed by atoms with van der Waals surface area (Å²) < 4.78 is 16.4. The number of carbonyl (C=O) groups excluding carboxylic acids is 2. The first kappa shape index (κ1) is 24.6. The Labute approximate surface area is 205 Å². The second-order valence-corrected chi connectivity index (χ2v) is 9.63.